The van der Waals surface area contributed by atoms with Crippen molar-refractivity contribution < 1.29 is 13.3 Å². The summed E-state index contributed by atoms with van der Waals surface area (Å²) in [5.41, 5.74) is 1.05. The van der Waals surface area contributed by atoms with Crippen molar-refractivity contribution in [3.63, 3.8) is 0 Å². The lowest BCUT2D eigenvalue weighted by molar-refractivity contribution is 0.428. The summed E-state index contributed by atoms with van der Waals surface area (Å²) >= 11 is 0. The first-order valence-electron chi connectivity index (χ1n) is 5.17. The van der Waals surface area contributed by atoms with Gasteiger partial charge in [-0.15, -0.1) is 0 Å². The molecule has 0 saturated carbocycles. The van der Waals surface area contributed by atoms with Crippen molar-refractivity contribution in [3.05, 3.63) is 41.1 Å². The number of aryl methyl sites for hydroxylation is 1. The Labute approximate surface area is 97.4 Å². The van der Waals surface area contributed by atoms with Crippen LogP contribution in [0, 0.1) is 18.6 Å². The molecule has 0 amide bonds. The van der Waals surface area contributed by atoms with Gasteiger partial charge in [-0.25, -0.2) is 8.78 Å². The van der Waals surface area contributed by atoms with Gasteiger partial charge in [-0.3, -0.25) is 0 Å². The minimum absolute atomic E-state index is 0.0934. The summed E-state index contributed by atoms with van der Waals surface area (Å²) in [5.74, 6) is -0.720. The van der Waals surface area contributed by atoms with Crippen LogP contribution in [0.5, 0.6) is 0 Å². The van der Waals surface area contributed by atoms with Gasteiger partial charge in [0.1, 0.15) is 11.6 Å². The monoisotopic (exact) mass is 238 g/mol. The van der Waals surface area contributed by atoms with E-state index < -0.39 is 11.6 Å². The van der Waals surface area contributed by atoms with Gasteiger partial charge in [0.2, 0.25) is 0 Å². The van der Waals surface area contributed by atoms with Crippen LogP contribution in [0.1, 0.15) is 11.1 Å². The van der Waals surface area contributed by atoms with E-state index in [4.69, 9.17) is 4.52 Å². The lowest BCUT2D eigenvalue weighted by Gasteiger charge is -2.04. The van der Waals surface area contributed by atoms with Gasteiger partial charge >= 0.3 is 0 Å². The molecule has 3 nitrogen and oxygen atoms in total. The Morgan fingerprint density at radius 2 is 2.06 bits per heavy atom. The summed E-state index contributed by atoms with van der Waals surface area (Å²) in [7, 11) is 1.75. The molecule has 1 aromatic heterocycles. The number of nitrogens with zero attached hydrogens (tertiary/aromatic N) is 1. The molecule has 90 valence electrons. The lowest BCUT2D eigenvalue weighted by atomic mass is 10.1. The van der Waals surface area contributed by atoms with Crippen LogP contribution in [0.2, 0.25) is 0 Å². The Kier molecular flexibility index (Phi) is 3.19. The van der Waals surface area contributed by atoms with Crippen molar-refractivity contribution in [1.29, 1.82) is 0 Å². The zero-order chi connectivity index (χ0) is 12.4. The molecular formula is C12H12F2N2O. The molecule has 2 aromatic rings. The summed E-state index contributed by atoms with van der Waals surface area (Å²) in [4.78, 5) is 0. The highest BCUT2D eigenvalue weighted by Gasteiger charge is 2.16. The highest BCUT2D eigenvalue weighted by Crippen LogP contribution is 2.28. The maximum Gasteiger partial charge on any atom is 0.174 e. The van der Waals surface area contributed by atoms with Gasteiger partial charge in [-0.2, -0.15) is 0 Å². The minimum atomic E-state index is -0.516. The molecular weight excluding hydrogens is 226 g/mol. The van der Waals surface area contributed by atoms with Crippen LogP contribution < -0.4 is 5.32 Å². The SMILES string of the molecule is CNCc1cnoc1-c1cc(F)c(C)cc1F. The predicted octanol–water partition coefficient (Wildman–Crippen LogP) is 2.65. The van der Waals surface area contributed by atoms with E-state index in [2.05, 4.69) is 10.5 Å². The third kappa shape index (κ3) is 2.19. The molecule has 1 aromatic carbocycles. The predicted molar refractivity (Wildman–Crippen MR) is 59.4 cm³/mol. The van der Waals surface area contributed by atoms with Crippen molar-refractivity contribution in [1.82, 2.24) is 10.5 Å². The molecule has 0 aliphatic rings. The Bertz CT molecular complexity index is 537. The maximum absolute atomic E-state index is 13.7. The second-order valence-corrected chi connectivity index (χ2v) is 3.79. The van der Waals surface area contributed by atoms with Gasteiger partial charge in [0, 0.05) is 12.1 Å². The van der Waals surface area contributed by atoms with E-state index in [1.54, 1.807) is 7.05 Å². The zero-order valence-electron chi connectivity index (χ0n) is 9.55. The average molecular weight is 238 g/mol. The number of benzene rings is 1. The van der Waals surface area contributed by atoms with E-state index in [0.717, 1.165) is 12.1 Å². The first-order chi connectivity index (χ1) is 8.13. The normalized spacial score (nSPS) is 10.8. The highest BCUT2D eigenvalue weighted by atomic mass is 19.1. The van der Waals surface area contributed by atoms with Crippen LogP contribution in [0.15, 0.2) is 22.9 Å². The van der Waals surface area contributed by atoms with Crippen LogP contribution in [-0.2, 0) is 6.54 Å². The fourth-order valence-electron chi connectivity index (χ4n) is 1.62. The summed E-state index contributed by atoms with van der Waals surface area (Å²) in [6.45, 7) is 1.99. The molecule has 0 aliphatic heterocycles. The second kappa shape index (κ2) is 4.63. The van der Waals surface area contributed by atoms with Gasteiger partial charge in [-0.1, -0.05) is 5.16 Å². The number of aromatic nitrogens is 1. The molecule has 5 heteroatoms. The molecule has 17 heavy (non-hydrogen) atoms. The van der Waals surface area contributed by atoms with E-state index in [-0.39, 0.29) is 16.9 Å². The first kappa shape index (κ1) is 11.7. The smallest absolute Gasteiger partial charge is 0.174 e. The first-order valence-corrected chi connectivity index (χ1v) is 5.17. The van der Waals surface area contributed by atoms with Crippen LogP contribution in [0.4, 0.5) is 8.78 Å². The summed E-state index contributed by atoms with van der Waals surface area (Å²) in [6.07, 6.45) is 1.49. The fraction of sp³-hybridized carbons (Fsp3) is 0.250. The molecule has 1 heterocycles. The molecule has 0 spiro atoms. The minimum Gasteiger partial charge on any atom is -0.356 e. The van der Waals surface area contributed by atoms with Crippen LogP contribution in [0.25, 0.3) is 11.3 Å². The number of hydrogen-bond acceptors (Lipinski definition) is 3. The maximum atomic E-state index is 13.7. The van der Waals surface area contributed by atoms with Crippen LogP contribution >= 0.6 is 0 Å². The number of nitrogens with one attached hydrogen (secondary N) is 1. The molecule has 0 bridgehead atoms. The molecule has 0 fully saturated rings. The van der Waals surface area contributed by atoms with E-state index in [1.165, 1.54) is 13.1 Å². The fourth-order valence-corrected chi connectivity index (χ4v) is 1.62. The standard InChI is InChI=1S/C12H12F2N2O/c1-7-3-11(14)9(4-10(7)13)12-8(5-15-2)6-16-17-12/h3-4,6,15H,5H2,1-2H3. The Balaban J connectivity index is 2.52. The topological polar surface area (TPSA) is 38.1 Å². The Morgan fingerprint density at radius 3 is 2.76 bits per heavy atom. The quantitative estimate of drug-likeness (QED) is 0.893. The van der Waals surface area contributed by atoms with Gasteiger partial charge < -0.3 is 9.84 Å². The second-order valence-electron chi connectivity index (χ2n) is 3.79. The number of rotatable bonds is 3. The average Bonchev–Trinajstić information content (AvgIpc) is 2.72. The summed E-state index contributed by atoms with van der Waals surface area (Å²) in [6, 6.07) is 2.28. The zero-order valence-corrected chi connectivity index (χ0v) is 9.55. The highest BCUT2D eigenvalue weighted by molar-refractivity contribution is 5.62. The van der Waals surface area contributed by atoms with Crippen molar-refractivity contribution in [2.45, 2.75) is 13.5 Å². The van der Waals surface area contributed by atoms with Crippen molar-refractivity contribution in [2.24, 2.45) is 0 Å². The summed E-state index contributed by atoms with van der Waals surface area (Å²) < 4.78 is 32.1. The van der Waals surface area contributed by atoms with Gasteiger partial charge in [0.25, 0.3) is 0 Å². The number of hydrogen-bond donors (Lipinski definition) is 1. The van der Waals surface area contributed by atoms with E-state index in [9.17, 15) is 8.78 Å². The molecule has 0 atom stereocenters. The molecule has 0 aliphatic carbocycles. The van der Waals surface area contributed by atoms with Crippen molar-refractivity contribution in [2.75, 3.05) is 7.05 Å². The Hall–Kier alpha value is -1.75. The van der Waals surface area contributed by atoms with E-state index in [1.807, 2.05) is 0 Å². The Morgan fingerprint density at radius 1 is 1.29 bits per heavy atom. The number of halogens is 2. The van der Waals surface area contributed by atoms with Gasteiger partial charge in [0.05, 0.1) is 11.8 Å². The van der Waals surface area contributed by atoms with E-state index in [0.29, 0.717) is 12.1 Å². The van der Waals surface area contributed by atoms with Crippen molar-refractivity contribution in [3.8, 4) is 11.3 Å². The van der Waals surface area contributed by atoms with Gasteiger partial charge in [0.15, 0.2) is 5.76 Å². The molecule has 0 radical (unpaired) electrons. The molecule has 1 N–H and O–H groups in total. The third-order valence-electron chi connectivity index (χ3n) is 2.50. The molecule has 2 rings (SSSR count). The van der Waals surface area contributed by atoms with Gasteiger partial charge in [-0.05, 0) is 31.7 Å². The lowest BCUT2D eigenvalue weighted by Crippen LogP contribution is -2.05. The third-order valence-corrected chi connectivity index (χ3v) is 2.50. The van der Waals surface area contributed by atoms with Crippen molar-refractivity contribution >= 4 is 0 Å². The largest absolute Gasteiger partial charge is 0.356 e. The van der Waals surface area contributed by atoms with Crippen LogP contribution in [-0.4, -0.2) is 12.2 Å². The molecule has 0 unspecified atom stereocenters. The molecule has 0 saturated heterocycles. The van der Waals surface area contributed by atoms with E-state index >= 15 is 0 Å². The van der Waals surface area contributed by atoms with Crippen LogP contribution in [0.3, 0.4) is 0 Å². The summed E-state index contributed by atoms with van der Waals surface area (Å²) in [5, 5.41) is 6.52.